The van der Waals surface area contributed by atoms with Crippen molar-refractivity contribution in [2.45, 2.75) is 58.8 Å². The van der Waals surface area contributed by atoms with Gasteiger partial charge >= 0.3 is 0 Å². The number of pyridine rings is 1. The fourth-order valence-electron chi connectivity index (χ4n) is 3.46. The van der Waals surface area contributed by atoms with Crippen molar-refractivity contribution in [3.8, 4) is 16.9 Å². The second kappa shape index (κ2) is 20.4. The molecule has 0 aliphatic carbocycles. The molecule has 1 aromatic heterocycles. The van der Waals surface area contributed by atoms with Gasteiger partial charge in [-0.25, -0.2) is 0 Å². The monoisotopic (exact) mass is 571 g/mol. The zero-order valence-electron chi connectivity index (χ0n) is 23.8. The zero-order chi connectivity index (χ0) is 29.8. The number of aliphatic hydroxyl groups is 2. The summed E-state index contributed by atoms with van der Waals surface area (Å²) in [4.78, 5) is 27.4. The van der Waals surface area contributed by atoms with Gasteiger partial charge in [0.15, 0.2) is 6.10 Å². The number of nitrogens with one attached hydrogen (secondary N) is 1. The van der Waals surface area contributed by atoms with Gasteiger partial charge in [0.1, 0.15) is 5.75 Å². The van der Waals surface area contributed by atoms with E-state index in [0.29, 0.717) is 26.0 Å². The van der Waals surface area contributed by atoms with Crippen LogP contribution in [0, 0.1) is 0 Å². The van der Waals surface area contributed by atoms with Gasteiger partial charge in [0, 0.05) is 35.4 Å². The van der Waals surface area contributed by atoms with E-state index in [1.54, 1.807) is 18.2 Å². The smallest absolute Gasteiger partial charge is 0.254 e. The molecule has 1 aliphatic rings. The van der Waals surface area contributed by atoms with Crippen molar-refractivity contribution in [3.05, 3.63) is 83.6 Å². The molecule has 2 heterocycles. The van der Waals surface area contributed by atoms with Crippen molar-refractivity contribution in [1.82, 2.24) is 15.2 Å². The molecule has 8 nitrogen and oxygen atoms in total. The van der Waals surface area contributed by atoms with Gasteiger partial charge in [-0.3, -0.25) is 14.6 Å². The molecule has 4 rings (SSSR count). The first-order chi connectivity index (χ1) is 19.3. The van der Waals surface area contributed by atoms with Crippen LogP contribution in [0.4, 0.5) is 0 Å². The first-order valence-electron chi connectivity index (χ1n) is 13.4. The molecule has 1 aliphatic heterocycles. The van der Waals surface area contributed by atoms with Gasteiger partial charge in [0.05, 0.1) is 25.5 Å². The highest BCUT2D eigenvalue weighted by Crippen LogP contribution is 2.28. The number of hydrogen-bond acceptors (Lipinski definition) is 6. The van der Waals surface area contributed by atoms with E-state index in [-0.39, 0.29) is 5.91 Å². The van der Waals surface area contributed by atoms with Crippen molar-refractivity contribution in [2.75, 3.05) is 20.2 Å². The molecular weight excluding hydrogens is 530 g/mol. The van der Waals surface area contributed by atoms with Gasteiger partial charge in [-0.15, -0.1) is 0 Å². The summed E-state index contributed by atoms with van der Waals surface area (Å²) in [7, 11) is 1.65. The number of nitrogens with zero attached hydrogens (tertiary/aromatic N) is 2. The topological polar surface area (TPSA) is 112 Å². The van der Waals surface area contributed by atoms with E-state index in [0.717, 1.165) is 40.4 Å². The molecule has 218 valence electrons. The Morgan fingerprint density at radius 2 is 1.65 bits per heavy atom. The van der Waals surface area contributed by atoms with Crippen LogP contribution in [0.1, 0.15) is 45.7 Å². The van der Waals surface area contributed by atoms with Crippen LogP contribution in [0.3, 0.4) is 0 Å². The third-order valence-corrected chi connectivity index (χ3v) is 5.72. The lowest BCUT2D eigenvalue weighted by atomic mass is 10.1. The number of methoxy groups -OCH3 is 1. The number of benzene rings is 2. The van der Waals surface area contributed by atoms with Crippen LogP contribution in [0.5, 0.6) is 5.75 Å². The predicted molar refractivity (Wildman–Crippen MR) is 160 cm³/mol. The summed E-state index contributed by atoms with van der Waals surface area (Å²) in [5, 5.41) is 21.5. The Kier molecular flexibility index (Phi) is 17.7. The maximum Gasteiger partial charge on any atom is 0.254 e. The molecule has 2 aromatic carbocycles. The molecular formula is C31H42ClN3O5. The standard InChI is InChI=1S/C14H14N2O2.C8H15NO3.C6H5Cl.C3H8/c1-18-14-5-3-2-4-13(14)11-6-7-12(16-8-11)9-15-10-17;1-6(10)7(11)8(12)9-4-2-3-5-9;7-6-4-2-1-3-5-6;1-3-2/h2-8,10H,9H2,1H3,(H,15,17);6-7,10-11H,2-5H2,1H3;1-5H;3H2,1-2H3. The van der Waals surface area contributed by atoms with Crippen molar-refractivity contribution in [2.24, 2.45) is 0 Å². The van der Waals surface area contributed by atoms with E-state index >= 15 is 0 Å². The Morgan fingerprint density at radius 1 is 1.05 bits per heavy atom. The number of likely N-dealkylation sites (tertiary alicyclic amines) is 1. The first kappa shape index (κ1) is 34.6. The Labute approximate surface area is 243 Å². The number of ether oxygens (including phenoxy) is 1. The van der Waals surface area contributed by atoms with E-state index in [1.807, 2.05) is 66.7 Å². The Morgan fingerprint density at radius 3 is 2.12 bits per heavy atom. The third-order valence-electron chi connectivity index (χ3n) is 5.47. The van der Waals surface area contributed by atoms with E-state index in [4.69, 9.17) is 21.4 Å². The summed E-state index contributed by atoms with van der Waals surface area (Å²) >= 11 is 5.54. The number of aromatic nitrogens is 1. The quantitative estimate of drug-likeness (QED) is 0.340. The second-order valence-electron chi connectivity index (χ2n) is 8.96. The average Bonchev–Trinajstić information content (AvgIpc) is 3.52. The lowest BCUT2D eigenvalue weighted by molar-refractivity contribution is -0.144. The fourth-order valence-corrected chi connectivity index (χ4v) is 3.61. The van der Waals surface area contributed by atoms with E-state index in [2.05, 4.69) is 24.1 Å². The number of carbonyl (C=O) groups excluding carboxylic acids is 2. The lowest BCUT2D eigenvalue weighted by Crippen LogP contribution is -2.42. The van der Waals surface area contributed by atoms with Crippen LogP contribution in [-0.4, -0.2) is 64.8 Å². The molecule has 2 unspecified atom stereocenters. The fraction of sp³-hybridized carbons (Fsp3) is 0.387. The Hall–Kier alpha value is -3.46. The molecule has 0 spiro atoms. The van der Waals surface area contributed by atoms with Gasteiger partial charge in [-0.1, -0.05) is 74.3 Å². The highest BCUT2D eigenvalue weighted by atomic mass is 35.5. The summed E-state index contributed by atoms with van der Waals surface area (Å²) in [5.41, 5.74) is 2.81. The van der Waals surface area contributed by atoms with Gasteiger partial charge in [0.25, 0.3) is 5.91 Å². The summed E-state index contributed by atoms with van der Waals surface area (Å²) in [6.07, 6.45) is 3.47. The molecule has 2 atom stereocenters. The van der Waals surface area contributed by atoms with E-state index in [1.165, 1.54) is 13.3 Å². The maximum absolute atomic E-state index is 11.3. The summed E-state index contributed by atoms with van der Waals surface area (Å²) in [6.45, 7) is 7.53. The number of amides is 2. The predicted octanol–water partition coefficient (Wildman–Crippen LogP) is 5.11. The Balaban J connectivity index is 0.000000312. The van der Waals surface area contributed by atoms with Crippen LogP contribution in [0.25, 0.3) is 11.1 Å². The number of aliphatic hydroxyl groups excluding tert-OH is 2. The molecule has 9 heteroatoms. The number of hydrogen-bond donors (Lipinski definition) is 3. The molecule has 0 saturated carbocycles. The van der Waals surface area contributed by atoms with Gasteiger partial charge in [-0.2, -0.15) is 0 Å². The van der Waals surface area contributed by atoms with Gasteiger partial charge < -0.3 is 25.2 Å². The molecule has 0 bridgehead atoms. The zero-order valence-corrected chi connectivity index (χ0v) is 24.6. The van der Waals surface area contributed by atoms with E-state index < -0.39 is 12.2 Å². The van der Waals surface area contributed by atoms with Gasteiger partial charge in [0.2, 0.25) is 6.41 Å². The minimum Gasteiger partial charge on any atom is -0.496 e. The minimum atomic E-state index is -1.25. The van der Waals surface area contributed by atoms with Crippen LogP contribution in [-0.2, 0) is 16.1 Å². The Bertz CT molecular complexity index is 1090. The number of halogens is 1. The second-order valence-corrected chi connectivity index (χ2v) is 9.39. The lowest BCUT2D eigenvalue weighted by Gasteiger charge is -2.20. The number of rotatable bonds is 7. The molecule has 40 heavy (non-hydrogen) atoms. The van der Waals surface area contributed by atoms with Crippen molar-refractivity contribution >= 4 is 23.9 Å². The molecule has 1 fully saturated rings. The van der Waals surface area contributed by atoms with Crippen LogP contribution >= 0.6 is 11.6 Å². The normalized spacial score (nSPS) is 13.1. The SMILES string of the molecule is CC(O)C(O)C(=O)N1CCCC1.CCC.COc1ccccc1-c1ccc(CNC=O)nc1.Clc1ccccc1. The van der Waals surface area contributed by atoms with E-state index in [9.17, 15) is 14.7 Å². The number of carbonyl (C=O) groups is 2. The average molecular weight is 572 g/mol. The molecule has 1 saturated heterocycles. The summed E-state index contributed by atoms with van der Waals surface area (Å²) in [5.74, 6) is 0.473. The number of para-hydroxylation sites is 1. The summed E-state index contributed by atoms with van der Waals surface area (Å²) in [6, 6.07) is 21.1. The van der Waals surface area contributed by atoms with Crippen molar-refractivity contribution < 1.29 is 24.5 Å². The molecule has 3 N–H and O–H groups in total. The summed E-state index contributed by atoms with van der Waals surface area (Å²) < 4.78 is 5.31. The highest BCUT2D eigenvalue weighted by molar-refractivity contribution is 6.30. The molecule has 3 aromatic rings. The van der Waals surface area contributed by atoms with Crippen LogP contribution in [0.15, 0.2) is 72.9 Å². The molecule has 0 radical (unpaired) electrons. The molecule has 2 amide bonds. The van der Waals surface area contributed by atoms with Gasteiger partial charge in [-0.05, 0) is 44.0 Å². The minimum absolute atomic E-state index is 0.345. The highest BCUT2D eigenvalue weighted by Gasteiger charge is 2.27. The van der Waals surface area contributed by atoms with Crippen LogP contribution < -0.4 is 10.1 Å². The van der Waals surface area contributed by atoms with Crippen molar-refractivity contribution in [3.63, 3.8) is 0 Å². The third kappa shape index (κ3) is 13.1. The van der Waals surface area contributed by atoms with Crippen molar-refractivity contribution in [1.29, 1.82) is 0 Å². The first-order valence-corrected chi connectivity index (χ1v) is 13.8. The van der Waals surface area contributed by atoms with Crippen LogP contribution in [0.2, 0.25) is 5.02 Å². The largest absolute Gasteiger partial charge is 0.496 e. The maximum atomic E-state index is 11.3.